The zero-order chi connectivity index (χ0) is 21.7. The molecule has 1 N–H and O–H groups in total. The molecular formula is C27H45NO2. The van der Waals surface area contributed by atoms with Gasteiger partial charge in [0.15, 0.2) is 6.29 Å². The lowest BCUT2D eigenvalue weighted by atomic mass is 10.0. The highest BCUT2D eigenvalue weighted by Gasteiger charge is 2.02. The molecule has 0 aliphatic rings. The molecule has 0 fully saturated rings. The first-order chi connectivity index (χ1) is 14.8. The van der Waals surface area contributed by atoms with Gasteiger partial charge in [-0.15, -0.1) is 0 Å². The Balaban J connectivity index is 1.80. The van der Waals surface area contributed by atoms with Gasteiger partial charge in [0, 0.05) is 17.8 Å². The lowest BCUT2D eigenvalue weighted by molar-refractivity contribution is -0.104. The lowest BCUT2D eigenvalue weighted by Gasteiger charge is -2.07. The van der Waals surface area contributed by atoms with Crippen molar-refractivity contribution in [1.82, 2.24) is 0 Å². The quantitative estimate of drug-likeness (QED) is 0.0953. The average molecular weight is 416 g/mol. The minimum Gasteiger partial charge on any atom is -0.385 e. The highest BCUT2D eigenvalue weighted by atomic mass is 16.2. The zero-order valence-corrected chi connectivity index (χ0v) is 19.4. The van der Waals surface area contributed by atoms with E-state index < -0.39 is 5.78 Å². The van der Waals surface area contributed by atoms with E-state index in [4.69, 9.17) is 0 Å². The maximum absolute atomic E-state index is 11.3. The number of carbonyl (C=O) groups excluding carboxylic acids is 2. The fourth-order valence-corrected chi connectivity index (χ4v) is 3.90. The number of nitrogens with one attached hydrogen (secondary N) is 1. The first-order valence-corrected chi connectivity index (χ1v) is 12.6. The van der Waals surface area contributed by atoms with Gasteiger partial charge in [-0.2, -0.15) is 0 Å². The molecule has 0 spiro atoms. The Labute approximate surface area is 185 Å². The number of hydrogen-bond acceptors (Lipinski definition) is 3. The molecule has 0 aliphatic heterocycles. The van der Waals surface area contributed by atoms with Crippen LogP contribution in [-0.4, -0.2) is 18.6 Å². The van der Waals surface area contributed by atoms with Crippen LogP contribution in [0.15, 0.2) is 24.3 Å². The SMILES string of the molecule is CCCCCCCCCCCCCCCCCCCNc1ccc(C(=O)C=O)cc1. The molecule has 30 heavy (non-hydrogen) atoms. The van der Waals surface area contributed by atoms with Crippen molar-refractivity contribution in [3.8, 4) is 0 Å². The number of unbranched alkanes of at least 4 members (excludes halogenated alkanes) is 16. The molecule has 0 saturated carbocycles. The van der Waals surface area contributed by atoms with Gasteiger partial charge < -0.3 is 5.32 Å². The molecule has 0 bridgehead atoms. The highest BCUT2D eigenvalue weighted by Crippen LogP contribution is 2.14. The molecule has 0 aromatic heterocycles. The average Bonchev–Trinajstić information content (AvgIpc) is 2.78. The summed E-state index contributed by atoms with van der Waals surface area (Å²) in [5.74, 6) is -0.463. The van der Waals surface area contributed by atoms with Crippen LogP contribution in [0.3, 0.4) is 0 Å². The van der Waals surface area contributed by atoms with Crippen molar-refractivity contribution in [3.05, 3.63) is 29.8 Å². The summed E-state index contributed by atoms with van der Waals surface area (Å²) >= 11 is 0. The maximum atomic E-state index is 11.3. The van der Waals surface area contributed by atoms with E-state index in [0.29, 0.717) is 11.8 Å². The van der Waals surface area contributed by atoms with Gasteiger partial charge in [0.25, 0.3) is 0 Å². The lowest BCUT2D eigenvalue weighted by Crippen LogP contribution is -2.03. The summed E-state index contributed by atoms with van der Waals surface area (Å²) in [5.41, 5.74) is 1.46. The molecule has 0 heterocycles. The Morgan fingerprint density at radius 2 is 1.07 bits per heavy atom. The molecule has 0 radical (unpaired) electrons. The third-order valence-electron chi connectivity index (χ3n) is 5.89. The summed E-state index contributed by atoms with van der Waals surface area (Å²) in [6.07, 6.45) is 24.0. The molecular weight excluding hydrogens is 370 g/mol. The van der Waals surface area contributed by atoms with Crippen LogP contribution in [0.5, 0.6) is 0 Å². The Morgan fingerprint density at radius 3 is 1.47 bits per heavy atom. The molecule has 0 atom stereocenters. The Hall–Kier alpha value is -1.64. The molecule has 3 heteroatoms. The van der Waals surface area contributed by atoms with Crippen LogP contribution in [-0.2, 0) is 4.79 Å². The molecule has 1 aromatic carbocycles. The van der Waals surface area contributed by atoms with Crippen molar-refractivity contribution >= 4 is 17.8 Å². The van der Waals surface area contributed by atoms with Crippen LogP contribution >= 0.6 is 0 Å². The van der Waals surface area contributed by atoms with Crippen LogP contribution in [0.1, 0.15) is 126 Å². The van der Waals surface area contributed by atoms with Gasteiger partial charge in [-0.3, -0.25) is 9.59 Å². The summed E-state index contributed by atoms with van der Waals surface area (Å²) in [4.78, 5) is 21.7. The molecule has 0 amide bonds. The van der Waals surface area contributed by atoms with E-state index in [1.54, 1.807) is 12.1 Å². The molecule has 170 valence electrons. The van der Waals surface area contributed by atoms with Gasteiger partial charge in [-0.05, 0) is 30.7 Å². The topological polar surface area (TPSA) is 46.2 Å². The van der Waals surface area contributed by atoms with E-state index in [0.717, 1.165) is 12.2 Å². The normalized spacial score (nSPS) is 10.8. The standard InChI is InChI=1S/C27H45NO2/c1-2-3-4-5-6-7-8-9-10-11-12-13-14-15-16-17-18-23-28-26-21-19-25(20-22-26)27(30)24-29/h19-22,24,28H,2-18,23H2,1H3. The molecule has 0 aliphatic carbocycles. The fourth-order valence-electron chi connectivity index (χ4n) is 3.90. The Morgan fingerprint density at radius 1 is 0.667 bits per heavy atom. The number of hydrogen-bond donors (Lipinski definition) is 1. The first-order valence-electron chi connectivity index (χ1n) is 12.6. The first kappa shape index (κ1) is 26.4. The largest absolute Gasteiger partial charge is 0.385 e. The predicted molar refractivity (Wildman–Crippen MR) is 129 cm³/mol. The number of Topliss-reactive ketones (excluding diaryl/α,β-unsaturated/α-hetero) is 1. The van der Waals surface area contributed by atoms with Gasteiger partial charge >= 0.3 is 0 Å². The van der Waals surface area contributed by atoms with Gasteiger partial charge in [0.05, 0.1) is 0 Å². The summed E-state index contributed by atoms with van der Waals surface area (Å²) in [6, 6.07) is 7.14. The summed E-state index contributed by atoms with van der Waals surface area (Å²) < 4.78 is 0. The van der Waals surface area contributed by atoms with E-state index in [1.165, 1.54) is 109 Å². The molecule has 3 nitrogen and oxygen atoms in total. The Kier molecular flexibility index (Phi) is 17.0. The second-order valence-electron chi connectivity index (χ2n) is 8.64. The monoisotopic (exact) mass is 415 g/mol. The third kappa shape index (κ3) is 14.4. The number of benzene rings is 1. The van der Waals surface area contributed by atoms with Crippen molar-refractivity contribution in [2.75, 3.05) is 11.9 Å². The van der Waals surface area contributed by atoms with Crippen LogP contribution < -0.4 is 5.32 Å². The third-order valence-corrected chi connectivity index (χ3v) is 5.89. The van der Waals surface area contributed by atoms with Crippen molar-refractivity contribution in [2.45, 2.75) is 116 Å². The summed E-state index contributed by atoms with van der Waals surface area (Å²) in [6.45, 7) is 3.24. The number of rotatable bonds is 21. The summed E-state index contributed by atoms with van der Waals surface area (Å²) in [7, 11) is 0. The van der Waals surface area contributed by atoms with E-state index in [9.17, 15) is 9.59 Å². The number of ketones is 1. The van der Waals surface area contributed by atoms with Gasteiger partial charge in [0.1, 0.15) is 0 Å². The van der Waals surface area contributed by atoms with Crippen molar-refractivity contribution in [1.29, 1.82) is 0 Å². The Bertz CT molecular complexity index is 538. The minimum absolute atomic E-state index is 0.361. The van der Waals surface area contributed by atoms with Crippen LogP contribution in [0, 0.1) is 0 Å². The van der Waals surface area contributed by atoms with Crippen LogP contribution in [0.2, 0.25) is 0 Å². The molecule has 0 unspecified atom stereocenters. The van der Waals surface area contributed by atoms with E-state index >= 15 is 0 Å². The van der Waals surface area contributed by atoms with Gasteiger partial charge in [-0.1, -0.05) is 110 Å². The number of anilines is 1. The van der Waals surface area contributed by atoms with Gasteiger partial charge in [-0.25, -0.2) is 0 Å². The molecule has 1 rings (SSSR count). The highest BCUT2D eigenvalue weighted by molar-refractivity contribution is 6.33. The van der Waals surface area contributed by atoms with Crippen molar-refractivity contribution in [2.24, 2.45) is 0 Å². The van der Waals surface area contributed by atoms with E-state index in [-0.39, 0.29) is 0 Å². The summed E-state index contributed by atoms with van der Waals surface area (Å²) in [5, 5.41) is 3.38. The molecule has 1 aromatic rings. The van der Waals surface area contributed by atoms with Crippen molar-refractivity contribution < 1.29 is 9.59 Å². The minimum atomic E-state index is -0.463. The van der Waals surface area contributed by atoms with E-state index in [1.807, 2.05) is 12.1 Å². The number of carbonyl (C=O) groups is 2. The number of aldehydes is 1. The second-order valence-corrected chi connectivity index (χ2v) is 8.64. The second kappa shape index (κ2) is 19.3. The van der Waals surface area contributed by atoms with Crippen LogP contribution in [0.4, 0.5) is 5.69 Å². The smallest absolute Gasteiger partial charge is 0.225 e. The van der Waals surface area contributed by atoms with E-state index in [2.05, 4.69) is 12.2 Å². The van der Waals surface area contributed by atoms with Crippen LogP contribution in [0.25, 0.3) is 0 Å². The van der Waals surface area contributed by atoms with Crippen molar-refractivity contribution in [3.63, 3.8) is 0 Å². The predicted octanol–water partition coefficient (Wildman–Crippen LogP) is 8.13. The zero-order valence-electron chi connectivity index (χ0n) is 19.4. The van der Waals surface area contributed by atoms with Gasteiger partial charge in [0.2, 0.25) is 5.78 Å². The molecule has 0 saturated heterocycles. The maximum Gasteiger partial charge on any atom is 0.225 e. The fraction of sp³-hybridized carbons (Fsp3) is 0.704.